The van der Waals surface area contributed by atoms with Gasteiger partial charge in [0.15, 0.2) is 0 Å². The van der Waals surface area contributed by atoms with Crippen molar-refractivity contribution >= 4 is 0 Å². The van der Waals surface area contributed by atoms with E-state index < -0.39 is 0 Å². The van der Waals surface area contributed by atoms with E-state index in [2.05, 4.69) is 26.1 Å². The average molecular weight is 267 g/mol. The zero-order valence-corrected chi connectivity index (χ0v) is 13.2. The Morgan fingerprint density at radius 2 is 2.05 bits per heavy atom. The summed E-state index contributed by atoms with van der Waals surface area (Å²) in [4.78, 5) is 0. The first-order valence-electron chi connectivity index (χ1n) is 8.61. The Balaban J connectivity index is 1.74. The SMILES string of the molecule is CCCCC(CC)CNC1CC(OCC)C12CCC2. The van der Waals surface area contributed by atoms with Crippen molar-refractivity contribution in [2.45, 2.75) is 84.3 Å². The molecule has 2 aliphatic rings. The van der Waals surface area contributed by atoms with Gasteiger partial charge in [-0.1, -0.05) is 39.5 Å². The first-order chi connectivity index (χ1) is 9.26. The van der Waals surface area contributed by atoms with Crippen molar-refractivity contribution in [1.82, 2.24) is 5.32 Å². The van der Waals surface area contributed by atoms with Crippen LogP contribution in [0, 0.1) is 11.3 Å². The largest absolute Gasteiger partial charge is 0.378 e. The molecule has 0 saturated heterocycles. The molecule has 0 amide bonds. The van der Waals surface area contributed by atoms with Gasteiger partial charge in [0.2, 0.25) is 0 Å². The van der Waals surface area contributed by atoms with Crippen LogP contribution in [-0.2, 0) is 4.74 Å². The summed E-state index contributed by atoms with van der Waals surface area (Å²) in [5.41, 5.74) is 0.527. The van der Waals surface area contributed by atoms with Gasteiger partial charge in [-0.15, -0.1) is 0 Å². The lowest BCUT2D eigenvalue weighted by Gasteiger charge is -2.61. The Labute approximate surface area is 119 Å². The maximum atomic E-state index is 5.92. The molecule has 2 rings (SSSR count). The van der Waals surface area contributed by atoms with Gasteiger partial charge in [0.25, 0.3) is 0 Å². The number of rotatable bonds is 9. The number of ether oxygens (including phenoxy) is 1. The summed E-state index contributed by atoms with van der Waals surface area (Å²) in [5, 5.41) is 3.88. The van der Waals surface area contributed by atoms with Gasteiger partial charge in [0, 0.05) is 18.1 Å². The van der Waals surface area contributed by atoms with Gasteiger partial charge in [0.1, 0.15) is 0 Å². The Bertz CT molecular complexity index is 262. The Kier molecular flexibility index (Phi) is 5.70. The molecule has 2 heteroatoms. The molecule has 0 aromatic carbocycles. The topological polar surface area (TPSA) is 21.3 Å². The van der Waals surface area contributed by atoms with Crippen LogP contribution in [-0.4, -0.2) is 25.3 Å². The van der Waals surface area contributed by atoms with Crippen molar-refractivity contribution in [1.29, 1.82) is 0 Å². The predicted molar refractivity (Wildman–Crippen MR) is 81.4 cm³/mol. The summed E-state index contributed by atoms with van der Waals surface area (Å²) in [5.74, 6) is 0.878. The predicted octanol–water partition coefficient (Wildman–Crippen LogP) is 4.14. The molecule has 3 unspecified atom stereocenters. The van der Waals surface area contributed by atoms with Gasteiger partial charge in [0.05, 0.1) is 6.10 Å². The fourth-order valence-electron chi connectivity index (χ4n) is 3.98. The Morgan fingerprint density at radius 3 is 2.58 bits per heavy atom. The highest BCUT2D eigenvalue weighted by Crippen LogP contribution is 2.57. The number of unbranched alkanes of at least 4 members (excludes halogenated alkanes) is 1. The van der Waals surface area contributed by atoms with E-state index in [1.165, 1.54) is 57.9 Å². The van der Waals surface area contributed by atoms with Crippen molar-refractivity contribution in [3.8, 4) is 0 Å². The molecule has 2 fully saturated rings. The van der Waals surface area contributed by atoms with Crippen LogP contribution in [0.4, 0.5) is 0 Å². The van der Waals surface area contributed by atoms with Crippen molar-refractivity contribution in [3.63, 3.8) is 0 Å². The molecule has 2 saturated carbocycles. The number of hydrogen-bond donors (Lipinski definition) is 1. The summed E-state index contributed by atoms with van der Waals surface area (Å²) < 4.78 is 5.92. The number of hydrogen-bond acceptors (Lipinski definition) is 2. The van der Waals surface area contributed by atoms with Crippen molar-refractivity contribution in [3.05, 3.63) is 0 Å². The molecule has 0 bridgehead atoms. The minimum absolute atomic E-state index is 0.527. The standard InChI is InChI=1S/C17H33NO/c1-4-7-9-14(5-2)13-18-15-12-16(19-6-3)17(15)10-8-11-17/h14-16,18H,4-13H2,1-3H3. The van der Waals surface area contributed by atoms with E-state index >= 15 is 0 Å². The van der Waals surface area contributed by atoms with E-state index in [1.54, 1.807) is 0 Å². The van der Waals surface area contributed by atoms with Gasteiger partial charge >= 0.3 is 0 Å². The van der Waals surface area contributed by atoms with E-state index in [1.807, 2.05) is 0 Å². The van der Waals surface area contributed by atoms with Crippen LogP contribution in [0.1, 0.15) is 72.1 Å². The molecule has 0 heterocycles. The van der Waals surface area contributed by atoms with E-state index in [9.17, 15) is 0 Å². The van der Waals surface area contributed by atoms with Crippen LogP contribution in [0.25, 0.3) is 0 Å². The quantitative estimate of drug-likeness (QED) is 0.678. The fraction of sp³-hybridized carbons (Fsp3) is 1.00. The highest BCUT2D eigenvalue weighted by Gasteiger charge is 2.58. The van der Waals surface area contributed by atoms with Crippen LogP contribution in [0.2, 0.25) is 0 Å². The lowest BCUT2D eigenvalue weighted by molar-refractivity contribution is -0.173. The van der Waals surface area contributed by atoms with Gasteiger partial charge < -0.3 is 10.1 Å². The monoisotopic (exact) mass is 267 g/mol. The highest BCUT2D eigenvalue weighted by molar-refractivity contribution is 5.12. The molecular formula is C17H33NO. The third-order valence-corrected chi connectivity index (χ3v) is 5.63. The van der Waals surface area contributed by atoms with E-state index in [0.29, 0.717) is 11.5 Å². The Morgan fingerprint density at radius 1 is 1.26 bits per heavy atom. The second-order valence-corrected chi connectivity index (χ2v) is 6.64. The fourth-order valence-corrected chi connectivity index (χ4v) is 3.98. The zero-order valence-electron chi connectivity index (χ0n) is 13.2. The smallest absolute Gasteiger partial charge is 0.0661 e. The molecule has 2 aliphatic carbocycles. The lowest BCUT2D eigenvalue weighted by Crippen LogP contribution is -2.67. The molecule has 0 radical (unpaired) electrons. The molecule has 0 aliphatic heterocycles. The van der Waals surface area contributed by atoms with Gasteiger partial charge in [-0.05, 0) is 45.1 Å². The molecule has 0 aromatic rings. The highest BCUT2D eigenvalue weighted by atomic mass is 16.5. The number of nitrogens with one attached hydrogen (secondary N) is 1. The average Bonchev–Trinajstić information content (AvgIpc) is 2.34. The summed E-state index contributed by atoms with van der Waals surface area (Å²) in [6.45, 7) is 8.87. The van der Waals surface area contributed by atoms with Crippen LogP contribution >= 0.6 is 0 Å². The molecular weight excluding hydrogens is 234 g/mol. The van der Waals surface area contributed by atoms with E-state index in [-0.39, 0.29) is 0 Å². The summed E-state index contributed by atoms with van der Waals surface area (Å²) >= 11 is 0. The minimum Gasteiger partial charge on any atom is -0.378 e. The van der Waals surface area contributed by atoms with E-state index in [0.717, 1.165) is 18.6 Å². The maximum absolute atomic E-state index is 5.92. The normalized spacial score (nSPS) is 29.8. The Hall–Kier alpha value is -0.0800. The van der Waals surface area contributed by atoms with Gasteiger partial charge in [-0.3, -0.25) is 0 Å². The molecule has 1 N–H and O–H groups in total. The molecule has 19 heavy (non-hydrogen) atoms. The summed E-state index contributed by atoms with van der Waals surface area (Å²) in [7, 11) is 0. The second-order valence-electron chi connectivity index (χ2n) is 6.64. The maximum Gasteiger partial charge on any atom is 0.0661 e. The van der Waals surface area contributed by atoms with Crippen molar-refractivity contribution in [2.75, 3.05) is 13.2 Å². The molecule has 1 spiro atoms. The molecule has 3 atom stereocenters. The van der Waals surface area contributed by atoms with Crippen LogP contribution in [0.3, 0.4) is 0 Å². The van der Waals surface area contributed by atoms with E-state index in [4.69, 9.17) is 4.74 Å². The zero-order chi connectivity index (χ0) is 13.7. The third-order valence-electron chi connectivity index (χ3n) is 5.63. The van der Waals surface area contributed by atoms with Crippen LogP contribution < -0.4 is 5.32 Å². The first-order valence-corrected chi connectivity index (χ1v) is 8.61. The molecule has 2 nitrogen and oxygen atoms in total. The van der Waals surface area contributed by atoms with Crippen molar-refractivity contribution in [2.24, 2.45) is 11.3 Å². The van der Waals surface area contributed by atoms with Crippen molar-refractivity contribution < 1.29 is 4.74 Å². The van der Waals surface area contributed by atoms with Gasteiger partial charge in [-0.2, -0.15) is 0 Å². The third kappa shape index (κ3) is 3.16. The summed E-state index contributed by atoms with van der Waals surface area (Å²) in [6.07, 6.45) is 11.4. The minimum atomic E-state index is 0.527. The second kappa shape index (κ2) is 7.08. The molecule has 112 valence electrons. The van der Waals surface area contributed by atoms with Crippen LogP contribution in [0.5, 0.6) is 0 Å². The molecule has 0 aromatic heterocycles. The summed E-state index contributed by atoms with van der Waals surface area (Å²) in [6, 6.07) is 0.744. The first kappa shape index (κ1) is 15.3. The van der Waals surface area contributed by atoms with Gasteiger partial charge in [-0.25, -0.2) is 0 Å². The van der Waals surface area contributed by atoms with Crippen LogP contribution in [0.15, 0.2) is 0 Å². The lowest BCUT2D eigenvalue weighted by atomic mass is 9.51.